The molecule has 0 spiro atoms. The van der Waals surface area contributed by atoms with Crippen molar-refractivity contribution in [2.45, 2.75) is 38.5 Å². The fourth-order valence-electron chi connectivity index (χ4n) is 3.14. The van der Waals surface area contributed by atoms with Gasteiger partial charge in [-0.2, -0.15) is 0 Å². The Morgan fingerprint density at radius 3 is 2.89 bits per heavy atom. The number of hydrogen-bond acceptors (Lipinski definition) is 2. The molecule has 2 heterocycles. The lowest BCUT2D eigenvalue weighted by atomic mass is 9.95. The number of carboxylic acids is 1. The summed E-state index contributed by atoms with van der Waals surface area (Å²) in [7, 11) is 0. The molecule has 0 atom stereocenters. The molecule has 0 saturated heterocycles. The van der Waals surface area contributed by atoms with E-state index in [0.29, 0.717) is 12.8 Å². The van der Waals surface area contributed by atoms with E-state index in [1.165, 1.54) is 11.1 Å². The highest BCUT2D eigenvalue weighted by atomic mass is 16.4. The Bertz CT molecular complexity index is 551. The number of hydrogen-bond donors (Lipinski definition) is 1. The molecule has 1 amide bonds. The molecule has 1 aromatic carbocycles. The third-order valence-electron chi connectivity index (χ3n) is 3.92. The molecule has 1 N–H and O–H groups in total. The summed E-state index contributed by atoms with van der Waals surface area (Å²) in [5.74, 6) is -0.539. The van der Waals surface area contributed by atoms with Crippen molar-refractivity contribution >= 4 is 17.6 Å². The Morgan fingerprint density at radius 1 is 1.32 bits per heavy atom. The van der Waals surface area contributed by atoms with E-state index in [1.807, 2.05) is 4.90 Å². The van der Waals surface area contributed by atoms with Gasteiger partial charge in [0.1, 0.15) is 0 Å². The van der Waals surface area contributed by atoms with Gasteiger partial charge in [0.05, 0.1) is 12.1 Å². The summed E-state index contributed by atoms with van der Waals surface area (Å²) < 4.78 is 0. The van der Waals surface area contributed by atoms with Gasteiger partial charge in [-0.25, -0.2) is 0 Å². The zero-order valence-corrected chi connectivity index (χ0v) is 10.8. The second-order valence-electron chi connectivity index (χ2n) is 5.34. The Labute approximate surface area is 112 Å². The maximum atomic E-state index is 11.9. The Balaban J connectivity index is 1.84. The zero-order chi connectivity index (χ0) is 13.4. The number of nitrogens with zero attached hydrogens (tertiary/aromatic N) is 1. The molecular weight excluding hydrogens is 242 g/mol. The highest BCUT2D eigenvalue weighted by molar-refractivity contribution is 6.02. The van der Waals surface area contributed by atoms with Gasteiger partial charge in [-0.3, -0.25) is 9.59 Å². The zero-order valence-electron chi connectivity index (χ0n) is 10.8. The molecule has 2 aliphatic rings. The first-order chi connectivity index (χ1) is 9.15. The van der Waals surface area contributed by atoms with Crippen LogP contribution in [0, 0.1) is 0 Å². The molecule has 2 aliphatic heterocycles. The lowest BCUT2D eigenvalue weighted by Gasteiger charge is -2.26. The fourth-order valence-corrected chi connectivity index (χ4v) is 3.14. The predicted molar refractivity (Wildman–Crippen MR) is 71.4 cm³/mol. The average Bonchev–Trinajstić information content (AvgIpc) is 2.68. The van der Waals surface area contributed by atoms with Crippen molar-refractivity contribution in [3.05, 3.63) is 28.8 Å². The number of rotatable bonds is 4. The highest BCUT2D eigenvalue weighted by Gasteiger charge is 2.32. The number of carbonyl (C=O) groups excluding carboxylic acids is 1. The van der Waals surface area contributed by atoms with E-state index in [9.17, 15) is 9.59 Å². The van der Waals surface area contributed by atoms with Gasteiger partial charge in [-0.1, -0.05) is 12.1 Å². The second kappa shape index (κ2) is 4.68. The number of carbonyl (C=O) groups is 2. The topological polar surface area (TPSA) is 57.6 Å². The average molecular weight is 259 g/mol. The van der Waals surface area contributed by atoms with Crippen LogP contribution in [-0.2, 0) is 28.9 Å². The molecule has 0 saturated carbocycles. The van der Waals surface area contributed by atoms with Crippen LogP contribution in [0.1, 0.15) is 36.0 Å². The van der Waals surface area contributed by atoms with Crippen molar-refractivity contribution in [1.82, 2.24) is 0 Å². The van der Waals surface area contributed by atoms with Crippen molar-refractivity contribution in [3.8, 4) is 0 Å². The Morgan fingerprint density at radius 2 is 2.11 bits per heavy atom. The summed E-state index contributed by atoms with van der Waals surface area (Å²) >= 11 is 0. The van der Waals surface area contributed by atoms with Crippen LogP contribution < -0.4 is 4.90 Å². The van der Waals surface area contributed by atoms with E-state index < -0.39 is 5.97 Å². The SMILES string of the molecule is O=C(O)CCCc1cc2c3c(c1)CC(=O)N3CCC2. The molecule has 0 radical (unpaired) electrons. The summed E-state index contributed by atoms with van der Waals surface area (Å²) in [6.45, 7) is 0.844. The lowest BCUT2D eigenvalue weighted by Crippen LogP contribution is -2.31. The van der Waals surface area contributed by atoms with Crippen molar-refractivity contribution < 1.29 is 14.7 Å². The van der Waals surface area contributed by atoms with Crippen LogP contribution in [0.3, 0.4) is 0 Å². The maximum Gasteiger partial charge on any atom is 0.303 e. The van der Waals surface area contributed by atoms with Crippen molar-refractivity contribution in [3.63, 3.8) is 0 Å². The Kier molecular flexibility index (Phi) is 3.01. The molecule has 0 unspecified atom stereocenters. The van der Waals surface area contributed by atoms with Crippen LogP contribution in [0.25, 0.3) is 0 Å². The first-order valence-corrected chi connectivity index (χ1v) is 6.82. The summed E-state index contributed by atoms with van der Waals surface area (Å²) in [5, 5.41) is 8.67. The predicted octanol–water partition coefficient (Wildman–Crippen LogP) is 1.93. The number of benzene rings is 1. The summed E-state index contributed by atoms with van der Waals surface area (Å²) in [4.78, 5) is 24.4. The molecule has 1 aromatic rings. The van der Waals surface area contributed by atoms with E-state index in [1.54, 1.807) is 0 Å². The summed E-state index contributed by atoms with van der Waals surface area (Å²) in [6.07, 6.45) is 4.20. The van der Waals surface area contributed by atoms with E-state index in [4.69, 9.17) is 5.11 Å². The van der Waals surface area contributed by atoms with Gasteiger partial charge in [-0.05, 0) is 42.4 Å². The molecule has 4 nitrogen and oxygen atoms in total. The fraction of sp³-hybridized carbons (Fsp3) is 0.467. The first-order valence-electron chi connectivity index (χ1n) is 6.82. The van der Waals surface area contributed by atoms with Crippen LogP contribution in [0.5, 0.6) is 0 Å². The standard InChI is InChI=1S/C15H17NO3/c17-13-9-12-8-10(3-1-5-14(18)19)7-11-4-2-6-16(13)15(11)12/h7-8H,1-6,9H2,(H,18,19). The van der Waals surface area contributed by atoms with Gasteiger partial charge in [0.25, 0.3) is 0 Å². The van der Waals surface area contributed by atoms with Crippen molar-refractivity contribution in [2.75, 3.05) is 11.4 Å². The molecule has 0 bridgehead atoms. The van der Waals surface area contributed by atoms with Gasteiger partial charge in [0.2, 0.25) is 5.91 Å². The minimum Gasteiger partial charge on any atom is -0.481 e. The highest BCUT2D eigenvalue weighted by Crippen LogP contribution is 2.37. The maximum absolute atomic E-state index is 11.9. The van der Waals surface area contributed by atoms with Gasteiger partial charge < -0.3 is 10.0 Å². The molecule has 3 rings (SSSR count). The third kappa shape index (κ3) is 2.23. The number of amides is 1. The number of aliphatic carboxylic acids is 1. The molecule has 4 heteroatoms. The van der Waals surface area contributed by atoms with Gasteiger partial charge in [0, 0.05) is 13.0 Å². The minimum atomic E-state index is -0.746. The third-order valence-corrected chi connectivity index (χ3v) is 3.92. The molecule has 19 heavy (non-hydrogen) atoms. The molecule has 0 aromatic heterocycles. The van der Waals surface area contributed by atoms with E-state index in [-0.39, 0.29) is 12.3 Å². The summed E-state index contributed by atoms with van der Waals surface area (Å²) in [5.41, 5.74) is 4.71. The Hall–Kier alpha value is -1.84. The summed E-state index contributed by atoms with van der Waals surface area (Å²) in [6, 6.07) is 4.25. The van der Waals surface area contributed by atoms with Crippen molar-refractivity contribution in [1.29, 1.82) is 0 Å². The van der Waals surface area contributed by atoms with Crippen LogP contribution in [0.2, 0.25) is 0 Å². The van der Waals surface area contributed by atoms with Crippen LogP contribution in [-0.4, -0.2) is 23.5 Å². The number of aryl methyl sites for hydroxylation is 2. The second-order valence-corrected chi connectivity index (χ2v) is 5.34. The van der Waals surface area contributed by atoms with E-state index >= 15 is 0 Å². The van der Waals surface area contributed by atoms with E-state index in [0.717, 1.165) is 37.1 Å². The molecule has 0 fully saturated rings. The van der Waals surface area contributed by atoms with E-state index in [2.05, 4.69) is 12.1 Å². The molecular formula is C15H17NO3. The molecule has 0 aliphatic carbocycles. The van der Waals surface area contributed by atoms with Gasteiger partial charge in [0.15, 0.2) is 0 Å². The first kappa shape index (κ1) is 12.2. The van der Waals surface area contributed by atoms with Gasteiger partial charge >= 0.3 is 5.97 Å². The quantitative estimate of drug-likeness (QED) is 0.898. The lowest BCUT2D eigenvalue weighted by molar-refractivity contribution is -0.137. The van der Waals surface area contributed by atoms with Gasteiger partial charge in [-0.15, -0.1) is 0 Å². The van der Waals surface area contributed by atoms with Crippen molar-refractivity contribution in [2.24, 2.45) is 0 Å². The number of carboxylic acid groups (broad SMARTS) is 1. The monoisotopic (exact) mass is 259 g/mol. The van der Waals surface area contributed by atoms with Crippen LogP contribution in [0.15, 0.2) is 12.1 Å². The molecule has 100 valence electrons. The smallest absolute Gasteiger partial charge is 0.303 e. The minimum absolute atomic E-state index is 0.206. The van der Waals surface area contributed by atoms with Crippen LogP contribution in [0.4, 0.5) is 5.69 Å². The normalized spacial score (nSPS) is 16.6. The number of anilines is 1. The van der Waals surface area contributed by atoms with Crippen LogP contribution >= 0.6 is 0 Å². The largest absolute Gasteiger partial charge is 0.481 e.